The maximum Gasteiger partial charge on any atom is 0.104 e. The Labute approximate surface area is 107 Å². The molecule has 1 aromatic carbocycles. The summed E-state index contributed by atoms with van der Waals surface area (Å²) in [4.78, 5) is 0.451. The van der Waals surface area contributed by atoms with E-state index in [9.17, 15) is 0 Å². The van der Waals surface area contributed by atoms with Gasteiger partial charge in [0.05, 0.1) is 12.1 Å². The van der Waals surface area contributed by atoms with Crippen molar-refractivity contribution < 1.29 is 4.74 Å². The Balaban J connectivity index is 2.12. The molecule has 1 heterocycles. The standard InChI is InChI=1S/C13H18N2OS/c1-8-7-10(3-4-11(8)13(14)17)15-12-5-6-16-9(12)2/h3-4,7,9,12,15H,5-6H2,1-2H3,(H2,14,17). The second kappa shape index (κ2) is 5.02. The van der Waals surface area contributed by atoms with E-state index in [-0.39, 0.29) is 6.10 Å². The normalized spacial score (nSPS) is 23.6. The molecule has 2 atom stereocenters. The van der Waals surface area contributed by atoms with Crippen molar-refractivity contribution in [1.82, 2.24) is 0 Å². The zero-order chi connectivity index (χ0) is 12.4. The van der Waals surface area contributed by atoms with Crippen LogP contribution in [0.2, 0.25) is 0 Å². The van der Waals surface area contributed by atoms with Gasteiger partial charge in [0.15, 0.2) is 0 Å². The van der Waals surface area contributed by atoms with E-state index in [0.29, 0.717) is 11.0 Å². The molecule has 1 fully saturated rings. The molecule has 3 nitrogen and oxygen atoms in total. The zero-order valence-corrected chi connectivity index (χ0v) is 11.0. The lowest BCUT2D eigenvalue weighted by molar-refractivity contribution is 0.121. The van der Waals surface area contributed by atoms with Crippen LogP contribution in [0.15, 0.2) is 18.2 Å². The summed E-state index contributed by atoms with van der Waals surface area (Å²) in [7, 11) is 0. The Morgan fingerprint density at radius 1 is 1.53 bits per heavy atom. The highest BCUT2D eigenvalue weighted by molar-refractivity contribution is 7.80. The van der Waals surface area contributed by atoms with Gasteiger partial charge in [0.2, 0.25) is 0 Å². The number of ether oxygens (including phenoxy) is 1. The number of rotatable bonds is 3. The van der Waals surface area contributed by atoms with Crippen LogP contribution in [0.4, 0.5) is 5.69 Å². The van der Waals surface area contributed by atoms with Crippen molar-refractivity contribution in [1.29, 1.82) is 0 Å². The molecule has 17 heavy (non-hydrogen) atoms. The van der Waals surface area contributed by atoms with Crippen molar-refractivity contribution in [2.75, 3.05) is 11.9 Å². The molecule has 2 rings (SSSR count). The molecule has 4 heteroatoms. The fraction of sp³-hybridized carbons (Fsp3) is 0.462. The minimum absolute atomic E-state index is 0.269. The van der Waals surface area contributed by atoms with Crippen LogP contribution >= 0.6 is 12.2 Å². The van der Waals surface area contributed by atoms with Crippen LogP contribution in [0, 0.1) is 6.92 Å². The van der Waals surface area contributed by atoms with Crippen LogP contribution in [0.3, 0.4) is 0 Å². The Bertz CT molecular complexity index is 433. The van der Waals surface area contributed by atoms with E-state index in [1.165, 1.54) is 0 Å². The molecule has 0 saturated carbocycles. The van der Waals surface area contributed by atoms with Crippen molar-refractivity contribution in [3.05, 3.63) is 29.3 Å². The second-order valence-corrected chi connectivity index (χ2v) is 4.95. The predicted octanol–water partition coefficient (Wildman–Crippen LogP) is 2.22. The number of nitrogens with one attached hydrogen (secondary N) is 1. The number of thiocarbonyl (C=S) groups is 1. The first-order valence-corrected chi connectivity index (χ1v) is 6.27. The highest BCUT2D eigenvalue weighted by Crippen LogP contribution is 2.21. The van der Waals surface area contributed by atoms with E-state index in [4.69, 9.17) is 22.7 Å². The van der Waals surface area contributed by atoms with Crippen molar-refractivity contribution in [3.8, 4) is 0 Å². The third kappa shape index (κ3) is 2.76. The minimum Gasteiger partial charge on any atom is -0.389 e. The lowest BCUT2D eigenvalue weighted by Crippen LogP contribution is -2.26. The van der Waals surface area contributed by atoms with E-state index in [1.54, 1.807) is 0 Å². The largest absolute Gasteiger partial charge is 0.389 e. The molecule has 1 saturated heterocycles. The summed E-state index contributed by atoms with van der Waals surface area (Å²) in [6.45, 7) is 4.96. The van der Waals surface area contributed by atoms with Gasteiger partial charge in [-0.3, -0.25) is 0 Å². The van der Waals surface area contributed by atoms with Crippen molar-refractivity contribution in [2.24, 2.45) is 5.73 Å². The van der Waals surface area contributed by atoms with Crippen LogP contribution in [-0.2, 0) is 4.74 Å². The Morgan fingerprint density at radius 3 is 2.82 bits per heavy atom. The predicted molar refractivity (Wildman–Crippen MR) is 74.5 cm³/mol. The Morgan fingerprint density at radius 2 is 2.29 bits per heavy atom. The number of nitrogens with two attached hydrogens (primary N) is 1. The first-order valence-electron chi connectivity index (χ1n) is 5.86. The van der Waals surface area contributed by atoms with Gasteiger partial charge in [-0.05, 0) is 44.0 Å². The van der Waals surface area contributed by atoms with Gasteiger partial charge in [-0.15, -0.1) is 0 Å². The first kappa shape index (κ1) is 12.3. The number of aryl methyl sites for hydroxylation is 1. The molecule has 1 aliphatic heterocycles. The van der Waals surface area contributed by atoms with Gasteiger partial charge in [0, 0.05) is 17.9 Å². The number of anilines is 1. The minimum atomic E-state index is 0.269. The Hall–Kier alpha value is -1.13. The molecule has 0 amide bonds. The number of hydrogen-bond donors (Lipinski definition) is 2. The first-order chi connectivity index (χ1) is 8.08. The quantitative estimate of drug-likeness (QED) is 0.808. The molecule has 2 unspecified atom stereocenters. The summed E-state index contributed by atoms with van der Waals surface area (Å²) in [5.41, 5.74) is 8.79. The van der Waals surface area contributed by atoms with Gasteiger partial charge >= 0.3 is 0 Å². The average molecular weight is 250 g/mol. The van der Waals surface area contributed by atoms with Gasteiger partial charge in [0.1, 0.15) is 4.99 Å². The highest BCUT2D eigenvalue weighted by Gasteiger charge is 2.23. The average Bonchev–Trinajstić information content (AvgIpc) is 2.64. The smallest absolute Gasteiger partial charge is 0.104 e. The molecule has 92 valence electrons. The lowest BCUT2D eigenvalue weighted by atomic mass is 10.1. The molecule has 0 bridgehead atoms. The molecule has 1 aromatic rings. The van der Waals surface area contributed by atoms with Crippen LogP contribution in [0.1, 0.15) is 24.5 Å². The summed E-state index contributed by atoms with van der Waals surface area (Å²) in [6, 6.07) is 6.47. The van der Waals surface area contributed by atoms with E-state index < -0.39 is 0 Å². The molecule has 3 N–H and O–H groups in total. The van der Waals surface area contributed by atoms with Crippen LogP contribution in [0.25, 0.3) is 0 Å². The van der Waals surface area contributed by atoms with Gasteiger partial charge in [-0.25, -0.2) is 0 Å². The summed E-state index contributed by atoms with van der Waals surface area (Å²) in [5.74, 6) is 0. The summed E-state index contributed by atoms with van der Waals surface area (Å²) >= 11 is 4.99. The molecule has 0 spiro atoms. The van der Waals surface area contributed by atoms with Gasteiger partial charge in [0.25, 0.3) is 0 Å². The molecule has 1 aliphatic rings. The molecule has 0 aliphatic carbocycles. The van der Waals surface area contributed by atoms with Crippen LogP contribution in [-0.4, -0.2) is 23.7 Å². The summed E-state index contributed by atoms with van der Waals surface area (Å²) in [6.07, 6.45) is 1.32. The molecule has 0 radical (unpaired) electrons. The van der Waals surface area contributed by atoms with Crippen LogP contribution in [0.5, 0.6) is 0 Å². The fourth-order valence-corrected chi connectivity index (χ4v) is 2.39. The third-order valence-corrected chi connectivity index (χ3v) is 3.44. The maximum atomic E-state index is 5.64. The topological polar surface area (TPSA) is 47.3 Å². The highest BCUT2D eigenvalue weighted by atomic mass is 32.1. The van der Waals surface area contributed by atoms with E-state index in [0.717, 1.165) is 29.8 Å². The van der Waals surface area contributed by atoms with Gasteiger partial charge < -0.3 is 15.8 Å². The molecular formula is C13H18N2OS. The Kier molecular flexibility index (Phi) is 3.64. The third-order valence-electron chi connectivity index (χ3n) is 3.22. The monoisotopic (exact) mass is 250 g/mol. The van der Waals surface area contributed by atoms with Crippen molar-refractivity contribution in [3.63, 3.8) is 0 Å². The van der Waals surface area contributed by atoms with Crippen LogP contribution < -0.4 is 11.1 Å². The fourth-order valence-electron chi connectivity index (χ4n) is 2.17. The number of benzene rings is 1. The number of hydrogen-bond acceptors (Lipinski definition) is 3. The SMILES string of the molecule is Cc1cc(NC2CCOC2C)ccc1C(N)=S. The van der Waals surface area contributed by atoms with E-state index in [1.807, 2.05) is 19.1 Å². The second-order valence-electron chi connectivity index (χ2n) is 4.51. The zero-order valence-electron chi connectivity index (χ0n) is 10.2. The van der Waals surface area contributed by atoms with Gasteiger partial charge in [-0.2, -0.15) is 0 Å². The maximum absolute atomic E-state index is 5.64. The molecule has 0 aromatic heterocycles. The van der Waals surface area contributed by atoms with Crippen molar-refractivity contribution in [2.45, 2.75) is 32.4 Å². The summed E-state index contributed by atoms with van der Waals surface area (Å²) < 4.78 is 5.53. The summed E-state index contributed by atoms with van der Waals surface area (Å²) in [5, 5.41) is 3.49. The molecular weight excluding hydrogens is 232 g/mol. The van der Waals surface area contributed by atoms with E-state index in [2.05, 4.69) is 18.3 Å². The lowest BCUT2D eigenvalue weighted by Gasteiger charge is -2.18. The van der Waals surface area contributed by atoms with E-state index >= 15 is 0 Å². The van der Waals surface area contributed by atoms with Crippen molar-refractivity contribution >= 4 is 22.9 Å². The van der Waals surface area contributed by atoms with Gasteiger partial charge in [-0.1, -0.05) is 12.2 Å².